The minimum atomic E-state index is 0.178. The Morgan fingerprint density at radius 2 is 2.12 bits per heavy atom. The Labute approximate surface area is 104 Å². The Morgan fingerprint density at radius 1 is 1.35 bits per heavy atom. The van der Waals surface area contributed by atoms with Crippen LogP contribution in [0.4, 0.5) is 0 Å². The zero-order valence-electron chi connectivity index (χ0n) is 10.9. The van der Waals surface area contributed by atoms with Gasteiger partial charge in [0.2, 0.25) is 5.91 Å². The Bertz CT molecular complexity index is 251. The van der Waals surface area contributed by atoms with Crippen LogP contribution in [-0.2, 0) is 4.79 Å². The van der Waals surface area contributed by atoms with Crippen molar-refractivity contribution in [3.8, 4) is 0 Å². The number of nitrogens with one attached hydrogen (secondary N) is 2. The lowest BCUT2D eigenvalue weighted by Gasteiger charge is -2.27. The topological polar surface area (TPSA) is 44.4 Å². The predicted molar refractivity (Wildman–Crippen MR) is 68.8 cm³/mol. The molecular formula is C13H25N3O. The number of likely N-dealkylation sites (tertiary alicyclic amines) is 1. The van der Waals surface area contributed by atoms with Gasteiger partial charge in [0.15, 0.2) is 0 Å². The van der Waals surface area contributed by atoms with Crippen LogP contribution in [0.3, 0.4) is 0 Å². The molecule has 2 rings (SSSR count). The highest BCUT2D eigenvalue weighted by molar-refractivity contribution is 5.79. The molecule has 0 aromatic rings. The summed E-state index contributed by atoms with van der Waals surface area (Å²) in [5.74, 6) is 1.04. The van der Waals surface area contributed by atoms with Gasteiger partial charge < -0.3 is 15.5 Å². The van der Waals surface area contributed by atoms with Gasteiger partial charge in [0, 0.05) is 19.6 Å². The van der Waals surface area contributed by atoms with Crippen LogP contribution in [0.1, 0.15) is 26.2 Å². The maximum atomic E-state index is 11.9. The first-order valence-corrected chi connectivity index (χ1v) is 6.96. The molecule has 0 saturated carbocycles. The highest BCUT2D eigenvalue weighted by atomic mass is 16.1. The van der Waals surface area contributed by atoms with Gasteiger partial charge in [-0.1, -0.05) is 6.92 Å². The molecule has 0 aliphatic carbocycles. The lowest BCUT2D eigenvalue weighted by molar-refractivity contribution is -0.125. The van der Waals surface area contributed by atoms with Gasteiger partial charge in [-0.05, 0) is 44.8 Å². The Kier molecular flexibility index (Phi) is 4.80. The molecule has 2 aliphatic rings. The molecule has 2 heterocycles. The van der Waals surface area contributed by atoms with Crippen molar-refractivity contribution in [2.45, 2.75) is 26.2 Å². The van der Waals surface area contributed by atoms with E-state index in [1.54, 1.807) is 0 Å². The third-order valence-corrected chi connectivity index (χ3v) is 3.87. The van der Waals surface area contributed by atoms with Gasteiger partial charge in [-0.2, -0.15) is 0 Å². The van der Waals surface area contributed by atoms with Gasteiger partial charge in [-0.25, -0.2) is 0 Å². The molecule has 0 bridgehead atoms. The number of piperidine rings is 1. The first-order chi connectivity index (χ1) is 8.25. The van der Waals surface area contributed by atoms with E-state index in [1.807, 2.05) is 0 Å². The van der Waals surface area contributed by atoms with E-state index in [9.17, 15) is 4.79 Å². The molecule has 4 heteroatoms. The van der Waals surface area contributed by atoms with Gasteiger partial charge in [0.1, 0.15) is 0 Å². The standard InChI is InChI=1S/C13H25N3O/c1-11-8-12(10-14-9-11)13(17)15-4-7-16-5-2-3-6-16/h11-12,14H,2-10H2,1H3,(H,15,17). The van der Waals surface area contributed by atoms with Gasteiger partial charge in [0.05, 0.1) is 5.92 Å². The van der Waals surface area contributed by atoms with Gasteiger partial charge >= 0.3 is 0 Å². The van der Waals surface area contributed by atoms with Crippen LogP contribution < -0.4 is 10.6 Å². The first-order valence-electron chi connectivity index (χ1n) is 6.96. The molecule has 0 spiro atoms. The summed E-state index contributed by atoms with van der Waals surface area (Å²) >= 11 is 0. The van der Waals surface area contributed by atoms with Gasteiger partial charge in [-0.3, -0.25) is 4.79 Å². The highest BCUT2D eigenvalue weighted by Crippen LogP contribution is 2.15. The third kappa shape index (κ3) is 3.96. The van der Waals surface area contributed by atoms with E-state index < -0.39 is 0 Å². The normalized spacial score (nSPS) is 30.4. The number of rotatable bonds is 4. The smallest absolute Gasteiger partial charge is 0.224 e. The van der Waals surface area contributed by atoms with Crippen LogP contribution in [0.2, 0.25) is 0 Å². The van der Waals surface area contributed by atoms with Crippen LogP contribution in [0.25, 0.3) is 0 Å². The summed E-state index contributed by atoms with van der Waals surface area (Å²) in [4.78, 5) is 14.4. The monoisotopic (exact) mass is 239 g/mol. The number of carbonyl (C=O) groups excluding carboxylic acids is 1. The molecule has 2 fully saturated rings. The second kappa shape index (κ2) is 6.36. The highest BCUT2D eigenvalue weighted by Gasteiger charge is 2.24. The third-order valence-electron chi connectivity index (χ3n) is 3.87. The molecule has 4 nitrogen and oxygen atoms in total. The molecule has 1 amide bonds. The Morgan fingerprint density at radius 3 is 2.82 bits per heavy atom. The summed E-state index contributed by atoms with van der Waals surface area (Å²) in [6, 6.07) is 0. The van der Waals surface area contributed by atoms with E-state index in [4.69, 9.17) is 0 Å². The van der Waals surface area contributed by atoms with E-state index in [0.717, 1.165) is 32.6 Å². The zero-order chi connectivity index (χ0) is 12.1. The van der Waals surface area contributed by atoms with Crippen LogP contribution in [0.5, 0.6) is 0 Å². The second-order valence-corrected chi connectivity index (χ2v) is 5.54. The fraction of sp³-hybridized carbons (Fsp3) is 0.923. The van der Waals surface area contributed by atoms with Crippen molar-refractivity contribution in [3.63, 3.8) is 0 Å². The van der Waals surface area contributed by atoms with Gasteiger partial charge in [-0.15, -0.1) is 0 Å². The Balaban J connectivity index is 1.62. The largest absolute Gasteiger partial charge is 0.355 e. The number of nitrogens with zero attached hydrogens (tertiary/aromatic N) is 1. The molecule has 2 aliphatic heterocycles. The molecule has 98 valence electrons. The fourth-order valence-corrected chi connectivity index (χ4v) is 2.84. The molecule has 0 radical (unpaired) electrons. The molecule has 0 aromatic heterocycles. The van der Waals surface area contributed by atoms with Crippen LogP contribution in [0, 0.1) is 11.8 Å². The molecule has 2 unspecified atom stereocenters. The van der Waals surface area contributed by atoms with Crippen molar-refractivity contribution in [1.29, 1.82) is 0 Å². The Hall–Kier alpha value is -0.610. The van der Waals surface area contributed by atoms with E-state index in [-0.39, 0.29) is 11.8 Å². The summed E-state index contributed by atoms with van der Waals surface area (Å²) in [6.07, 6.45) is 3.67. The summed E-state index contributed by atoms with van der Waals surface area (Å²) in [7, 11) is 0. The maximum absolute atomic E-state index is 11.9. The van der Waals surface area contributed by atoms with Crippen molar-refractivity contribution in [2.24, 2.45) is 11.8 Å². The van der Waals surface area contributed by atoms with Crippen LogP contribution >= 0.6 is 0 Å². The van der Waals surface area contributed by atoms with Gasteiger partial charge in [0.25, 0.3) is 0 Å². The molecule has 17 heavy (non-hydrogen) atoms. The number of carbonyl (C=O) groups is 1. The molecular weight excluding hydrogens is 214 g/mol. The van der Waals surface area contributed by atoms with Crippen molar-refractivity contribution in [2.75, 3.05) is 39.3 Å². The van der Waals surface area contributed by atoms with E-state index in [1.165, 1.54) is 25.9 Å². The second-order valence-electron chi connectivity index (χ2n) is 5.54. The summed E-state index contributed by atoms with van der Waals surface area (Å²) in [6.45, 7) is 8.34. The summed E-state index contributed by atoms with van der Waals surface area (Å²) in [5.41, 5.74) is 0. The fourth-order valence-electron chi connectivity index (χ4n) is 2.84. The number of hydrogen-bond donors (Lipinski definition) is 2. The predicted octanol–water partition coefficient (Wildman–Crippen LogP) is 0.444. The van der Waals surface area contributed by atoms with E-state index in [0.29, 0.717) is 5.92 Å². The minimum Gasteiger partial charge on any atom is -0.355 e. The van der Waals surface area contributed by atoms with Crippen LogP contribution in [0.15, 0.2) is 0 Å². The lowest BCUT2D eigenvalue weighted by atomic mass is 9.91. The molecule has 0 aromatic carbocycles. The summed E-state index contributed by atoms with van der Waals surface area (Å²) < 4.78 is 0. The average molecular weight is 239 g/mol. The lowest BCUT2D eigenvalue weighted by Crippen LogP contribution is -2.44. The molecule has 2 N–H and O–H groups in total. The molecule has 2 atom stereocenters. The van der Waals surface area contributed by atoms with Crippen molar-refractivity contribution in [3.05, 3.63) is 0 Å². The van der Waals surface area contributed by atoms with Crippen molar-refractivity contribution < 1.29 is 4.79 Å². The number of amides is 1. The minimum absolute atomic E-state index is 0.178. The van der Waals surface area contributed by atoms with E-state index in [2.05, 4.69) is 22.5 Å². The summed E-state index contributed by atoms with van der Waals surface area (Å²) in [5, 5.41) is 6.40. The first kappa shape index (κ1) is 12.8. The number of hydrogen-bond acceptors (Lipinski definition) is 3. The maximum Gasteiger partial charge on any atom is 0.224 e. The average Bonchev–Trinajstić information content (AvgIpc) is 2.82. The van der Waals surface area contributed by atoms with Crippen molar-refractivity contribution in [1.82, 2.24) is 15.5 Å². The SMILES string of the molecule is CC1CNCC(C(=O)NCCN2CCCC2)C1. The van der Waals surface area contributed by atoms with E-state index >= 15 is 0 Å². The zero-order valence-corrected chi connectivity index (χ0v) is 10.9. The van der Waals surface area contributed by atoms with Crippen molar-refractivity contribution >= 4 is 5.91 Å². The van der Waals surface area contributed by atoms with Crippen LogP contribution in [-0.4, -0.2) is 50.1 Å². The molecule has 2 saturated heterocycles. The quantitative estimate of drug-likeness (QED) is 0.748.